The molecular formula is C13H16BrN3O3S. The Kier molecular flexibility index (Phi) is 6.01. The van der Waals surface area contributed by atoms with Crippen molar-refractivity contribution in [3.05, 3.63) is 22.8 Å². The number of hydrogen-bond acceptors (Lipinski definition) is 5. The Morgan fingerprint density at radius 1 is 1.52 bits per heavy atom. The molecule has 0 spiro atoms. The monoisotopic (exact) mass is 373 g/mol. The summed E-state index contributed by atoms with van der Waals surface area (Å²) in [5, 5.41) is 11.7. The van der Waals surface area contributed by atoms with Crippen LogP contribution in [0.2, 0.25) is 0 Å². The fraction of sp³-hybridized carbons (Fsp3) is 0.462. The molecule has 114 valence electrons. The van der Waals surface area contributed by atoms with Gasteiger partial charge in [-0.3, -0.25) is 14.5 Å². The van der Waals surface area contributed by atoms with E-state index in [9.17, 15) is 9.59 Å². The van der Waals surface area contributed by atoms with Crippen LogP contribution < -0.4 is 5.32 Å². The standard InChI is InChI=1S/C13H16BrN3O3S/c14-9-1-2-11(15-6-9)16-12(18)7-17-3-4-21-8-10(17)5-13(19)20/h1-2,6,10H,3-5,7-8H2,(H,19,20)(H,15,16,18). The Bertz CT molecular complexity index is 512. The van der Waals surface area contributed by atoms with Crippen LogP contribution in [0.15, 0.2) is 22.8 Å². The zero-order valence-corrected chi connectivity index (χ0v) is 13.7. The van der Waals surface area contributed by atoms with E-state index in [0.717, 1.165) is 22.5 Å². The second-order valence-corrected chi connectivity index (χ2v) is 6.77. The highest BCUT2D eigenvalue weighted by molar-refractivity contribution is 9.10. The third kappa shape index (κ3) is 5.29. The van der Waals surface area contributed by atoms with E-state index in [4.69, 9.17) is 5.11 Å². The second-order valence-electron chi connectivity index (χ2n) is 4.71. The number of carbonyl (C=O) groups excluding carboxylic acids is 1. The molecule has 21 heavy (non-hydrogen) atoms. The molecule has 1 saturated heterocycles. The van der Waals surface area contributed by atoms with Gasteiger partial charge in [-0.1, -0.05) is 0 Å². The third-order valence-corrected chi connectivity index (χ3v) is 4.66. The Hall–Kier alpha value is -1.12. The number of halogens is 1. The largest absolute Gasteiger partial charge is 0.481 e. The predicted octanol–water partition coefficient (Wildman–Crippen LogP) is 1.67. The van der Waals surface area contributed by atoms with Gasteiger partial charge in [0.15, 0.2) is 0 Å². The van der Waals surface area contributed by atoms with E-state index in [0.29, 0.717) is 5.82 Å². The van der Waals surface area contributed by atoms with Crippen molar-refractivity contribution in [2.75, 3.05) is 29.9 Å². The SMILES string of the molecule is O=C(O)CC1CSCCN1CC(=O)Nc1ccc(Br)cn1. The highest BCUT2D eigenvalue weighted by atomic mass is 79.9. The number of thioether (sulfide) groups is 1. The molecule has 0 radical (unpaired) electrons. The Morgan fingerprint density at radius 2 is 2.33 bits per heavy atom. The van der Waals surface area contributed by atoms with Gasteiger partial charge in [-0.15, -0.1) is 0 Å². The fourth-order valence-corrected chi connectivity index (χ4v) is 3.47. The number of pyridine rings is 1. The first-order chi connectivity index (χ1) is 10.0. The van der Waals surface area contributed by atoms with Gasteiger partial charge in [0.1, 0.15) is 5.82 Å². The number of carboxylic acid groups (broad SMARTS) is 1. The molecule has 0 aliphatic carbocycles. The summed E-state index contributed by atoms with van der Waals surface area (Å²) in [4.78, 5) is 28.9. The van der Waals surface area contributed by atoms with Gasteiger partial charge in [0, 0.05) is 34.8 Å². The summed E-state index contributed by atoms with van der Waals surface area (Å²) in [6.07, 6.45) is 1.68. The minimum Gasteiger partial charge on any atom is -0.481 e. The van der Waals surface area contributed by atoms with E-state index in [2.05, 4.69) is 26.2 Å². The molecule has 8 heteroatoms. The number of anilines is 1. The third-order valence-electron chi connectivity index (χ3n) is 3.10. The van der Waals surface area contributed by atoms with Gasteiger partial charge in [0.25, 0.3) is 0 Å². The summed E-state index contributed by atoms with van der Waals surface area (Å²) in [6.45, 7) is 0.917. The average Bonchev–Trinajstić information content (AvgIpc) is 2.43. The molecule has 1 aliphatic heterocycles. The van der Waals surface area contributed by atoms with Crippen molar-refractivity contribution >= 4 is 45.4 Å². The second kappa shape index (κ2) is 7.77. The molecule has 2 heterocycles. The maximum Gasteiger partial charge on any atom is 0.304 e. The lowest BCUT2D eigenvalue weighted by atomic mass is 10.2. The minimum absolute atomic E-state index is 0.0663. The van der Waals surface area contributed by atoms with Crippen LogP contribution in [0, 0.1) is 0 Å². The summed E-state index contributed by atoms with van der Waals surface area (Å²) in [6, 6.07) is 3.42. The first-order valence-corrected chi connectivity index (χ1v) is 8.44. The molecule has 0 bridgehead atoms. The number of rotatable bonds is 5. The first-order valence-electron chi connectivity index (χ1n) is 6.49. The van der Waals surface area contributed by atoms with E-state index in [1.54, 1.807) is 30.1 Å². The lowest BCUT2D eigenvalue weighted by molar-refractivity contribution is -0.138. The number of aromatic nitrogens is 1. The molecule has 1 unspecified atom stereocenters. The Labute approximate surface area is 135 Å². The van der Waals surface area contributed by atoms with Gasteiger partial charge in [0.05, 0.1) is 13.0 Å². The highest BCUT2D eigenvalue weighted by Gasteiger charge is 2.26. The number of nitrogens with zero attached hydrogens (tertiary/aromatic N) is 2. The Balaban J connectivity index is 1.90. The predicted molar refractivity (Wildman–Crippen MR) is 85.5 cm³/mol. The molecule has 1 aromatic rings. The van der Waals surface area contributed by atoms with Gasteiger partial charge < -0.3 is 10.4 Å². The van der Waals surface area contributed by atoms with E-state index >= 15 is 0 Å². The molecule has 0 saturated carbocycles. The molecular weight excluding hydrogens is 358 g/mol. The quantitative estimate of drug-likeness (QED) is 0.816. The van der Waals surface area contributed by atoms with E-state index in [-0.39, 0.29) is 24.9 Å². The molecule has 1 amide bonds. The molecule has 1 aliphatic rings. The number of nitrogens with one attached hydrogen (secondary N) is 1. The Morgan fingerprint density at radius 3 is 3.00 bits per heavy atom. The molecule has 6 nitrogen and oxygen atoms in total. The van der Waals surface area contributed by atoms with Crippen molar-refractivity contribution in [3.63, 3.8) is 0 Å². The van der Waals surface area contributed by atoms with Gasteiger partial charge in [-0.25, -0.2) is 4.98 Å². The molecule has 0 aromatic carbocycles. The summed E-state index contributed by atoms with van der Waals surface area (Å²) in [5.74, 6) is 1.15. The molecule has 1 atom stereocenters. The van der Waals surface area contributed by atoms with Gasteiger partial charge >= 0.3 is 5.97 Å². The van der Waals surface area contributed by atoms with Crippen molar-refractivity contribution < 1.29 is 14.7 Å². The highest BCUT2D eigenvalue weighted by Crippen LogP contribution is 2.19. The topological polar surface area (TPSA) is 82.5 Å². The first kappa shape index (κ1) is 16.3. The van der Waals surface area contributed by atoms with Gasteiger partial charge in [0.2, 0.25) is 5.91 Å². The maximum atomic E-state index is 12.0. The number of amides is 1. The van der Waals surface area contributed by atoms with Crippen LogP contribution in [-0.2, 0) is 9.59 Å². The van der Waals surface area contributed by atoms with Crippen LogP contribution >= 0.6 is 27.7 Å². The number of carbonyl (C=O) groups is 2. The number of aliphatic carboxylic acids is 1. The lowest BCUT2D eigenvalue weighted by Crippen LogP contribution is -2.47. The van der Waals surface area contributed by atoms with Crippen molar-refractivity contribution in [2.45, 2.75) is 12.5 Å². The zero-order chi connectivity index (χ0) is 15.2. The molecule has 1 aromatic heterocycles. The van der Waals surface area contributed by atoms with E-state index in [1.165, 1.54) is 0 Å². The maximum absolute atomic E-state index is 12.0. The summed E-state index contributed by atoms with van der Waals surface area (Å²) in [5.41, 5.74) is 0. The summed E-state index contributed by atoms with van der Waals surface area (Å²) in [7, 11) is 0. The van der Waals surface area contributed by atoms with Gasteiger partial charge in [-0.2, -0.15) is 11.8 Å². The van der Waals surface area contributed by atoms with Crippen molar-refractivity contribution in [1.29, 1.82) is 0 Å². The van der Waals surface area contributed by atoms with Gasteiger partial charge in [-0.05, 0) is 28.1 Å². The van der Waals surface area contributed by atoms with Crippen LogP contribution in [0.3, 0.4) is 0 Å². The molecule has 2 rings (SSSR count). The van der Waals surface area contributed by atoms with Crippen molar-refractivity contribution in [2.24, 2.45) is 0 Å². The van der Waals surface area contributed by atoms with Crippen LogP contribution in [0.1, 0.15) is 6.42 Å². The van der Waals surface area contributed by atoms with Crippen LogP contribution in [-0.4, -0.2) is 57.5 Å². The normalized spacial score (nSPS) is 19.2. The summed E-state index contributed by atoms with van der Waals surface area (Å²) >= 11 is 5.01. The van der Waals surface area contributed by atoms with E-state index < -0.39 is 5.97 Å². The van der Waals surface area contributed by atoms with E-state index in [1.807, 2.05) is 4.90 Å². The van der Waals surface area contributed by atoms with Crippen molar-refractivity contribution in [3.8, 4) is 0 Å². The van der Waals surface area contributed by atoms with Crippen LogP contribution in [0.25, 0.3) is 0 Å². The number of hydrogen-bond donors (Lipinski definition) is 2. The zero-order valence-electron chi connectivity index (χ0n) is 11.3. The van der Waals surface area contributed by atoms with Crippen molar-refractivity contribution in [1.82, 2.24) is 9.88 Å². The molecule has 1 fully saturated rings. The fourth-order valence-electron chi connectivity index (χ4n) is 2.10. The van der Waals surface area contributed by atoms with Crippen LogP contribution in [0.5, 0.6) is 0 Å². The smallest absolute Gasteiger partial charge is 0.304 e. The number of carboxylic acids is 1. The van der Waals surface area contributed by atoms with Crippen LogP contribution in [0.4, 0.5) is 5.82 Å². The molecule has 2 N–H and O–H groups in total. The summed E-state index contributed by atoms with van der Waals surface area (Å²) < 4.78 is 0.843. The lowest BCUT2D eigenvalue weighted by Gasteiger charge is -2.33. The minimum atomic E-state index is -0.831. The average molecular weight is 374 g/mol.